The van der Waals surface area contributed by atoms with Gasteiger partial charge in [-0.05, 0) is 69.3 Å². The van der Waals surface area contributed by atoms with Gasteiger partial charge in [-0.1, -0.05) is 24.3 Å². The molecule has 29 heavy (non-hydrogen) atoms. The molecule has 2 N–H and O–H groups in total. The molecule has 0 amide bonds. The Labute approximate surface area is 172 Å². The molecule has 4 atom stereocenters. The van der Waals surface area contributed by atoms with E-state index in [9.17, 15) is 10.2 Å². The highest BCUT2D eigenvalue weighted by Gasteiger charge is 2.59. The minimum absolute atomic E-state index is 0.00344. The van der Waals surface area contributed by atoms with Crippen molar-refractivity contribution in [3.63, 3.8) is 0 Å². The predicted octanol–water partition coefficient (Wildman–Crippen LogP) is 3.57. The number of piperidine rings is 2. The van der Waals surface area contributed by atoms with Crippen molar-refractivity contribution in [2.75, 3.05) is 0 Å². The third kappa shape index (κ3) is 2.54. The summed E-state index contributed by atoms with van der Waals surface area (Å²) in [5.41, 5.74) is 2.95. The van der Waals surface area contributed by atoms with Crippen LogP contribution in [0.5, 0.6) is 0 Å². The zero-order chi connectivity index (χ0) is 20.0. The molecule has 4 unspecified atom stereocenters. The molecular weight excluding hydrogens is 362 g/mol. The van der Waals surface area contributed by atoms with Gasteiger partial charge in [-0.2, -0.15) is 0 Å². The molecule has 5 aliphatic rings. The molecule has 2 saturated carbocycles. The van der Waals surface area contributed by atoms with Crippen LogP contribution < -0.4 is 0 Å². The highest BCUT2D eigenvalue weighted by atomic mass is 16.3. The van der Waals surface area contributed by atoms with E-state index in [2.05, 4.69) is 38.7 Å². The van der Waals surface area contributed by atoms with Crippen LogP contribution in [-0.2, 0) is 0 Å². The van der Waals surface area contributed by atoms with Crippen molar-refractivity contribution in [1.29, 1.82) is 0 Å². The van der Waals surface area contributed by atoms with E-state index in [0.717, 1.165) is 31.4 Å². The molecule has 0 spiro atoms. The maximum Gasteiger partial charge on any atom is 0.113 e. The second-order valence-corrected chi connectivity index (χ2v) is 10.6. The second kappa shape index (κ2) is 5.93. The normalized spacial score (nSPS) is 36.3. The van der Waals surface area contributed by atoms with Crippen LogP contribution in [0.1, 0.15) is 64.0 Å². The van der Waals surface area contributed by atoms with E-state index in [0.29, 0.717) is 18.0 Å². The largest absolute Gasteiger partial charge is 0.392 e. The summed E-state index contributed by atoms with van der Waals surface area (Å²) in [5, 5.41) is 22.4. The van der Waals surface area contributed by atoms with Gasteiger partial charge in [0.05, 0.1) is 30.4 Å². The summed E-state index contributed by atoms with van der Waals surface area (Å²) in [4.78, 5) is 6.73. The predicted molar refractivity (Wildman–Crippen MR) is 111 cm³/mol. The number of benzene rings is 1. The fraction of sp³-hybridized carbons (Fsp3) is 0.625. The fourth-order valence-corrected chi connectivity index (χ4v) is 7.62. The van der Waals surface area contributed by atoms with Gasteiger partial charge in [-0.15, -0.1) is 0 Å². The number of aromatic nitrogens is 2. The third-order valence-electron chi connectivity index (χ3n) is 8.36. The number of aliphatic hydroxyl groups is 2. The zero-order valence-electron chi connectivity index (χ0n) is 17.3. The summed E-state index contributed by atoms with van der Waals surface area (Å²) >= 11 is 0. The lowest BCUT2D eigenvalue weighted by atomic mass is 9.52. The number of fused-ring (bicyclic) bond motifs is 3. The lowest BCUT2D eigenvalue weighted by Gasteiger charge is -2.65. The van der Waals surface area contributed by atoms with Crippen molar-refractivity contribution in [3.05, 3.63) is 42.4 Å². The lowest BCUT2D eigenvalue weighted by molar-refractivity contribution is -0.225. The zero-order valence-corrected chi connectivity index (χ0v) is 17.3. The van der Waals surface area contributed by atoms with Gasteiger partial charge in [0.2, 0.25) is 0 Å². The number of imidazole rings is 1. The molecule has 5 nitrogen and oxygen atoms in total. The van der Waals surface area contributed by atoms with Crippen LogP contribution in [0, 0.1) is 11.3 Å². The molecule has 4 bridgehead atoms. The van der Waals surface area contributed by atoms with Crippen LogP contribution in [0.2, 0.25) is 0 Å². The van der Waals surface area contributed by atoms with Crippen LogP contribution >= 0.6 is 0 Å². The van der Waals surface area contributed by atoms with E-state index in [-0.39, 0.29) is 17.6 Å². The van der Waals surface area contributed by atoms with Crippen molar-refractivity contribution < 1.29 is 10.2 Å². The monoisotopic (exact) mass is 393 g/mol. The molecule has 4 fully saturated rings. The molecule has 1 aromatic heterocycles. The van der Waals surface area contributed by atoms with Crippen LogP contribution in [0.3, 0.4) is 0 Å². The molecule has 1 aromatic carbocycles. The van der Waals surface area contributed by atoms with E-state index < -0.39 is 5.72 Å². The first-order chi connectivity index (χ1) is 13.9. The van der Waals surface area contributed by atoms with Crippen LogP contribution in [0.25, 0.3) is 11.3 Å². The number of rotatable bonds is 4. The van der Waals surface area contributed by atoms with Crippen LogP contribution in [0.4, 0.5) is 0 Å². The molecule has 4 heterocycles. The average molecular weight is 394 g/mol. The van der Waals surface area contributed by atoms with Gasteiger partial charge in [0.1, 0.15) is 5.72 Å². The van der Waals surface area contributed by atoms with Gasteiger partial charge in [-0.25, -0.2) is 4.98 Å². The van der Waals surface area contributed by atoms with Gasteiger partial charge in [0.15, 0.2) is 0 Å². The summed E-state index contributed by atoms with van der Waals surface area (Å²) in [5.74, 6) is 0.695. The number of aliphatic hydroxyl groups excluding tert-OH is 1. The van der Waals surface area contributed by atoms with Crippen molar-refractivity contribution in [1.82, 2.24) is 14.5 Å². The van der Waals surface area contributed by atoms with E-state index in [1.165, 1.54) is 24.0 Å². The van der Waals surface area contributed by atoms with Gasteiger partial charge in [0, 0.05) is 17.6 Å². The summed E-state index contributed by atoms with van der Waals surface area (Å²) in [7, 11) is 0. The highest BCUT2D eigenvalue weighted by molar-refractivity contribution is 5.68. The van der Waals surface area contributed by atoms with Crippen molar-refractivity contribution in [3.8, 4) is 11.3 Å². The molecule has 2 aliphatic carbocycles. The quantitative estimate of drug-likeness (QED) is 0.834. The first-order valence-electron chi connectivity index (χ1n) is 11.2. The van der Waals surface area contributed by atoms with Crippen molar-refractivity contribution >= 4 is 0 Å². The highest BCUT2D eigenvalue weighted by Crippen LogP contribution is 2.60. The Bertz CT molecular complexity index is 930. The topological polar surface area (TPSA) is 61.5 Å². The summed E-state index contributed by atoms with van der Waals surface area (Å²) < 4.78 is 2.25. The Kier molecular flexibility index (Phi) is 3.70. The molecule has 5 heteroatoms. The van der Waals surface area contributed by atoms with E-state index in [4.69, 9.17) is 0 Å². The number of nitrogens with zero attached hydrogens (tertiary/aromatic N) is 3. The second-order valence-electron chi connectivity index (χ2n) is 10.6. The standard InChI is InChI=1S/C24H31N3O2/c1-23(2,29)27-16-7-15-8-17(27)12-24(10-15,11-16)22(28)9-20-18-5-3-4-6-19(18)21-13-25-14-26(20)21/h3-6,13-17,20,22,28-29H,7-12H2,1-2H3. The summed E-state index contributed by atoms with van der Waals surface area (Å²) in [6.07, 6.45) is 9.79. The van der Waals surface area contributed by atoms with Crippen molar-refractivity contribution in [2.45, 2.75) is 82.3 Å². The Balaban J connectivity index is 1.30. The van der Waals surface area contributed by atoms with E-state index in [1.807, 2.05) is 26.4 Å². The van der Waals surface area contributed by atoms with Gasteiger partial charge in [-0.3, -0.25) is 4.90 Å². The Morgan fingerprint density at radius 1 is 1.17 bits per heavy atom. The maximum atomic E-state index is 11.6. The Morgan fingerprint density at radius 2 is 1.90 bits per heavy atom. The molecular formula is C24H31N3O2. The first-order valence-corrected chi connectivity index (χ1v) is 11.2. The minimum atomic E-state index is -0.773. The maximum absolute atomic E-state index is 11.6. The fourth-order valence-electron chi connectivity index (χ4n) is 7.62. The molecule has 2 saturated heterocycles. The van der Waals surface area contributed by atoms with Crippen molar-refractivity contribution in [2.24, 2.45) is 11.3 Å². The lowest BCUT2D eigenvalue weighted by Crippen LogP contribution is -2.68. The van der Waals surface area contributed by atoms with Crippen LogP contribution in [-0.4, -0.2) is 48.6 Å². The van der Waals surface area contributed by atoms with Gasteiger partial charge in [0.25, 0.3) is 0 Å². The third-order valence-corrected chi connectivity index (χ3v) is 8.36. The molecule has 154 valence electrons. The van der Waals surface area contributed by atoms with Gasteiger partial charge < -0.3 is 14.8 Å². The molecule has 0 radical (unpaired) electrons. The Morgan fingerprint density at radius 3 is 2.62 bits per heavy atom. The Hall–Kier alpha value is -1.69. The molecule has 2 aromatic rings. The van der Waals surface area contributed by atoms with Crippen LogP contribution in [0.15, 0.2) is 36.8 Å². The smallest absolute Gasteiger partial charge is 0.113 e. The summed E-state index contributed by atoms with van der Waals surface area (Å²) in [6.45, 7) is 3.85. The summed E-state index contributed by atoms with van der Waals surface area (Å²) in [6, 6.07) is 9.52. The minimum Gasteiger partial charge on any atom is -0.392 e. The first kappa shape index (κ1) is 18.1. The molecule has 7 rings (SSSR count). The van der Waals surface area contributed by atoms with Gasteiger partial charge >= 0.3 is 0 Å². The number of hydrogen-bond acceptors (Lipinski definition) is 4. The van der Waals surface area contributed by atoms with E-state index >= 15 is 0 Å². The molecule has 3 aliphatic heterocycles. The van der Waals surface area contributed by atoms with E-state index in [1.54, 1.807) is 0 Å². The number of hydrogen-bond donors (Lipinski definition) is 2. The average Bonchev–Trinajstić information content (AvgIpc) is 3.22. The SMILES string of the molecule is CC(C)(O)N1C2CC3CC1CC(C(O)CC1c4ccccc4-c4cncn41)(C3)C2.